The largest absolute Gasteiger partial charge is 0.459 e. The van der Waals surface area contributed by atoms with Crippen LogP contribution in [0.15, 0.2) is 48.5 Å². The molecule has 0 amide bonds. The van der Waals surface area contributed by atoms with Crippen molar-refractivity contribution in [3.05, 3.63) is 79.9 Å². The molecule has 0 spiro atoms. The number of halogens is 1. The number of aliphatic hydroxyl groups is 1. The van der Waals surface area contributed by atoms with Crippen LogP contribution in [0, 0.1) is 20.2 Å². The van der Waals surface area contributed by atoms with Crippen LogP contribution in [0.5, 0.6) is 0 Å². The second-order valence-electron chi connectivity index (χ2n) is 6.59. The number of ether oxygens (including phenoxy) is 3. The first-order valence-corrected chi connectivity index (χ1v) is 9.02. The van der Waals surface area contributed by atoms with Gasteiger partial charge in [-0.2, -0.15) is 0 Å². The summed E-state index contributed by atoms with van der Waals surface area (Å²) in [7, 11) is 0. The van der Waals surface area contributed by atoms with Crippen LogP contribution in [0.25, 0.3) is 0 Å². The lowest BCUT2D eigenvalue weighted by Gasteiger charge is -2.19. The highest BCUT2D eigenvalue weighted by Gasteiger charge is 2.47. The van der Waals surface area contributed by atoms with Crippen LogP contribution < -0.4 is 0 Å². The highest BCUT2D eigenvalue weighted by molar-refractivity contribution is 5.90. The molecule has 1 unspecified atom stereocenters. The molecule has 1 aliphatic rings. The monoisotopic (exact) mass is 450 g/mol. The molecule has 0 aromatic heterocycles. The van der Waals surface area contributed by atoms with E-state index in [9.17, 15) is 39.3 Å². The zero-order valence-corrected chi connectivity index (χ0v) is 16.0. The molecular formula is C19H15FN2O10. The maximum Gasteiger partial charge on any atom is 0.338 e. The van der Waals surface area contributed by atoms with Crippen molar-refractivity contribution in [2.75, 3.05) is 6.61 Å². The molecule has 0 aliphatic carbocycles. The Hall–Kier alpha value is -3.97. The molecule has 2 aromatic rings. The van der Waals surface area contributed by atoms with E-state index in [-0.39, 0.29) is 22.5 Å². The van der Waals surface area contributed by atoms with Crippen molar-refractivity contribution in [3.8, 4) is 0 Å². The summed E-state index contributed by atoms with van der Waals surface area (Å²) in [6.07, 6.45) is -7.05. The van der Waals surface area contributed by atoms with Crippen LogP contribution in [-0.4, -0.2) is 58.2 Å². The zero-order valence-electron chi connectivity index (χ0n) is 16.0. The zero-order chi connectivity index (χ0) is 23.4. The minimum absolute atomic E-state index is 0.0228. The van der Waals surface area contributed by atoms with Crippen molar-refractivity contribution in [2.24, 2.45) is 0 Å². The van der Waals surface area contributed by atoms with E-state index < -0.39 is 53.1 Å². The van der Waals surface area contributed by atoms with Gasteiger partial charge in [-0.05, 0) is 24.3 Å². The third-order valence-electron chi connectivity index (χ3n) is 4.52. The van der Waals surface area contributed by atoms with Gasteiger partial charge in [-0.25, -0.2) is 14.0 Å². The maximum atomic E-state index is 14.3. The third-order valence-corrected chi connectivity index (χ3v) is 4.52. The van der Waals surface area contributed by atoms with Gasteiger partial charge in [-0.3, -0.25) is 20.2 Å². The third kappa shape index (κ3) is 5.01. The predicted molar refractivity (Wildman–Crippen MR) is 101 cm³/mol. The number of nitro benzene ring substituents is 2. The molecule has 0 saturated carbocycles. The summed E-state index contributed by atoms with van der Waals surface area (Å²) in [5, 5.41) is 31.0. The van der Waals surface area contributed by atoms with Gasteiger partial charge in [0.05, 0.1) is 21.0 Å². The quantitative estimate of drug-likeness (QED) is 0.374. The summed E-state index contributed by atoms with van der Waals surface area (Å²) in [6.45, 7) is -0.592. The molecule has 1 N–H and O–H groups in total. The number of rotatable bonds is 7. The average molecular weight is 450 g/mol. The summed E-state index contributed by atoms with van der Waals surface area (Å²) in [5.74, 6) is -1.93. The molecule has 1 saturated heterocycles. The van der Waals surface area contributed by atoms with E-state index in [2.05, 4.69) is 0 Å². The Morgan fingerprint density at radius 1 is 0.938 bits per heavy atom. The second-order valence-corrected chi connectivity index (χ2v) is 6.59. The van der Waals surface area contributed by atoms with Gasteiger partial charge in [0.1, 0.15) is 12.7 Å². The molecule has 1 fully saturated rings. The van der Waals surface area contributed by atoms with Crippen LogP contribution in [0.2, 0.25) is 0 Å². The first-order valence-electron chi connectivity index (χ1n) is 9.02. The summed E-state index contributed by atoms with van der Waals surface area (Å²) in [6, 6.07) is 8.87. The molecule has 12 nitrogen and oxygen atoms in total. The Morgan fingerprint density at radius 3 is 1.88 bits per heavy atom. The fraction of sp³-hybridized carbons (Fsp3) is 0.263. The Labute approximate surface area is 178 Å². The fourth-order valence-electron chi connectivity index (χ4n) is 2.85. The number of hydrogen-bond donors (Lipinski definition) is 1. The molecule has 13 heteroatoms. The van der Waals surface area contributed by atoms with E-state index in [4.69, 9.17) is 14.2 Å². The van der Waals surface area contributed by atoms with Crippen LogP contribution in [0.4, 0.5) is 15.8 Å². The van der Waals surface area contributed by atoms with Gasteiger partial charge in [0.2, 0.25) is 0 Å². The van der Waals surface area contributed by atoms with E-state index in [1.807, 2.05) is 0 Å². The van der Waals surface area contributed by atoms with Gasteiger partial charge in [0.25, 0.3) is 11.4 Å². The Kier molecular flexibility index (Phi) is 6.70. The van der Waals surface area contributed by atoms with Crippen LogP contribution >= 0.6 is 0 Å². The van der Waals surface area contributed by atoms with E-state index in [1.165, 1.54) is 0 Å². The molecular weight excluding hydrogens is 435 g/mol. The van der Waals surface area contributed by atoms with Gasteiger partial charge in [-0.1, -0.05) is 0 Å². The number of nitro groups is 2. The van der Waals surface area contributed by atoms with Crippen molar-refractivity contribution in [1.29, 1.82) is 0 Å². The highest BCUT2D eigenvalue weighted by Crippen LogP contribution is 2.27. The molecule has 32 heavy (non-hydrogen) atoms. The Morgan fingerprint density at radius 2 is 1.41 bits per heavy atom. The number of carbonyl (C=O) groups is 2. The molecule has 0 bridgehead atoms. The van der Waals surface area contributed by atoms with Crippen LogP contribution in [-0.2, 0) is 14.2 Å². The fourth-order valence-corrected chi connectivity index (χ4v) is 2.85. The van der Waals surface area contributed by atoms with Crippen molar-refractivity contribution < 1.29 is 43.1 Å². The van der Waals surface area contributed by atoms with Gasteiger partial charge in [-0.15, -0.1) is 0 Å². The number of benzene rings is 2. The number of esters is 2. The lowest BCUT2D eigenvalue weighted by molar-refractivity contribution is -0.385. The lowest BCUT2D eigenvalue weighted by Crippen LogP contribution is -2.37. The van der Waals surface area contributed by atoms with Gasteiger partial charge in [0.15, 0.2) is 18.6 Å². The van der Waals surface area contributed by atoms with Gasteiger partial charge >= 0.3 is 11.9 Å². The Bertz CT molecular complexity index is 1030. The summed E-state index contributed by atoms with van der Waals surface area (Å²) >= 11 is 0. The number of non-ortho nitro benzene ring substituents is 2. The second kappa shape index (κ2) is 9.45. The first-order chi connectivity index (χ1) is 15.2. The van der Waals surface area contributed by atoms with Gasteiger partial charge in [0, 0.05) is 24.3 Å². The van der Waals surface area contributed by atoms with Crippen LogP contribution in [0.3, 0.4) is 0 Å². The lowest BCUT2D eigenvalue weighted by atomic mass is 10.1. The summed E-state index contributed by atoms with van der Waals surface area (Å²) in [5.41, 5.74) is -0.626. The molecule has 1 heterocycles. The maximum absolute atomic E-state index is 14.3. The van der Waals surface area contributed by atoms with Crippen molar-refractivity contribution in [2.45, 2.75) is 24.7 Å². The molecule has 4 atom stereocenters. The highest BCUT2D eigenvalue weighted by atomic mass is 19.1. The topological polar surface area (TPSA) is 168 Å². The summed E-state index contributed by atoms with van der Waals surface area (Å²) < 4.78 is 29.3. The molecule has 3 rings (SSSR count). The predicted octanol–water partition coefficient (Wildman–Crippen LogP) is 1.94. The number of nitrogens with zero attached hydrogens (tertiary/aromatic N) is 2. The number of alkyl halides is 1. The van der Waals surface area contributed by atoms with Crippen molar-refractivity contribution in [3.63, 3.8) is 0 Å². The minimum Gasteiger partial charge on any atom is -0.459 e. The average Bonchev–Trinajstić information content (AvgIpc) is 3.05. The number of carbonyl (C=O) groups excluding carboxylic acids is 2. The molecule has 1 aliphatic heterocycles. The smallest absolute Gasteiger partial charge is 0.338 e. The van der Waals surface area contributed by atoms with Crippen molar-refractivity contribution >= 4 is 23.3 Å². The van der Waals surface area contributed by atoms with Crippen LogP contribution in [0.1, 0.15) is 20.7 Å². The number of hydrogen-bond acceptors (Lipinski definition) is 10. The summed E-state index contributed by atoms with van der Waals surface area (Å²) in [4.78, 5) is 44.4. The van der Waals surface area contributed by atoms with E-state index >= 15 is 0 Å². The van der Waals surface area contributed by atoms with Crippen molar-refractivity contribution in [1.82, 2.24) is 0 Å². The van der Waals surface area contributed by atoms with E-state index in [0.717, 1.165) is 48.5 Å². The molecule has 0 radical (unpaired) electrons. The minimum atomic E-state index is -2.14. The SMILES string of the molecule is O=C(OC[C@H]1OC(O)[C@@H](F)[C@@H]1OC(=O)c1ccc([N+](=O)[O-])cc1)c1ccc([N+](=O)[O-])cc1. The Balaban J connectivity index is 1.63. The van der Waals surface area contributed by atoms with E-state index in [1.54, 1.807) is 0 Å². The standard InChI is InChI=1S/C19H15FN2O10/c20-15-16(32-18(24)11-3-7-13(8-4-11)22(28)29)14(31-19(15)25)9-30-17(23)10-1-5-12(6-2-10)21(26)27/h1-8,14-16,19,25H,9H2/t14-,15+,16-,19?/m1/s1. The van der Waals surface area contributed by atoms with E-state index in [0.29, 0.717) is 0 Å². The van der Waals surface area contributed by atoms with Gasteiger partial charge < -0.3 is 19.3 Å². The molecule has 2 aromatic carbocycles. The molecule has 168 valence electrons. The normalized spacial score (nSPS) is 22.2. The number of aliphatic hydroxyl groups excluding tert-OH is 1. The first kappa shape index (κ1) is 22.7.